The van der Waals surface area contributed by atoms with Crippen LogP contribution in [0.3, 0.4) is 0 Å². The lowest BCUT2D eigenvalue weighted by Crippen LogP contribution is -2.99. The molecule has 2 aliphatic heterocycles. The lowest BCUT2D eigenvalue weighted by atomic mass is 9.92. The van der Waals surface area contributed by atoms with Gasteiger partial charge in [0.25, 0.3) is 5.91 Å². The van der Waals surface area contributed by atoms with Gasteiger partial charge >= 0.3 is 0 Å². The number of para-hydroxylation sites is 2. The van der Waals surface area contributed by atoms with E-state index in [1.165, 1.54) is 24.3 Å². The second-order valence-corrected chi connectivity index (χ2v) is 7.21. The predicted octanol–water partition coefficient (Wildman–Crippen LogP) is 1.37. The van der Waals surface area contributed by atoms with Crippen LogP contribution in [0.5, 0.6) is 0 Å². The van der Waals surface area contributed by atoms with Crippen molar-refractivity contribution in [1.29, 1.82) is 0 Å². The molecule has 0 aromatic heterocycles. The van der Waals surface area contributed by atoms with E-state index in [0.29, 0.717) is 5.56 Å². The van der Waals surface area contributed by atoms with Crippen LogP contribution in [0, 0.1) is 11.1 Å². The van der Waals surface area contributed by atoms with E-state index in [-0.39, 0.29) is 17.1 Å². The summed E-state index contributed by atoms with van der Waals surface area (Å²) in [6.45, 7) is 0. The number of nitrogens with one attached hydrogen (secondary N) is 1. The summed E-state index contributed by atoms with van der Waals surface area (Å²) in [4.78, 5) is 45.0. The van der Waals surface area contributed by atoms with E-state index in [2.05, 4.69) is 5.16 Å². The highest BCUT2D eigenvalue weighted by atomic mass is 16.8. The molecule has 9 heteroatoms. The van der Waals surface area contributed by atoms with E-state index in [4.69, 9.17) is 4.84 Å². The van der Waals surface area contributed by atoms with Crippen LogP contribution in [0.2, 0.25) is 0 Å². The molecule has 0 radical (unpaired) electrons. The number of carbonyl (C=O) groups excluding carboxylic acids is 3. The Morgan fingerprint density at radius 1 is 1.00 bits per heavy atom. The molecule has 3 aromatic carbocycles. The van der Waals surface area contributed by atoms with Gasteiger partial charge in [0.1, 0.15) is 17.3 Å². The van der Waals surface area contributed by atoms with Crippen LogP contribution in [-0.4, -0.2) is 34.6 Å². The van der Waals surface area contributed by atoms with Crippen molar-refractivity contribution in [2.45, 2.75) is 6.10 Å². The standard InChI is InChI=1S/C22H15N3O6/c26-19(14-10-9-12-5-1-2-6-13(12)11-14)18-17-20(31-23-18)22(28)24(21(17)27)15-7-3-4-8-16(15)25(29)30/h1-11,17,20,25,29H/t17-,20-/m0/s1. The average molecular weight is 417 g/mol. The minimum absolute atomic E-state index is 0.0690. The van der Waals surface area contributed by atoms with Crippen molar-refractivity contribution in [3.63, 3.8) is 0 Å². The molecule has 0 bridgehead atoms. The summed E-state index contributed by atoms with van der Waals surface area (Å²) in [5, 5.41) is 25.2. The molecular weight excluding hydrogens is 402 g/mol. The number of oxime groups is 1. The number of rotatable bonds is 4. The SMILES string of the molecule is O=C(C1=NO[C@@H]2C(=O)N(c3ccccc3[NH+]([O-])O)C(=O)[C@@H]12)c1ccc2ccccc2c1. The van der Waals surface area contributed by atoms with Crippen LogP contribution in [0.15, 0.2) is 71.9 Å². The highest BCUT2D eigenvalue weighted by Gasteiger charge is 2.58. The second-order valence-electron chi connectivity index (χ2n) is 7.21. The largest absolute Gasteiger partial charge is 0.595 e. The topological polar surface area (TPSA) is 124 Å². The number of hydrogen-bond acceptors (Lipinski definition) is 7. The average Bonchev–Trinajstić information content (AvgIpc) is 3.33. The fourth-order valence-corrected chi connectivity index (χ4v) is 3.93. The zero-order chi connectivity index (χ0) is 21.7. The first-order valence-corrected chi connectivity index (χ1v) is 9.44. The summed E-state index contributed by atoms with van der Waals surface area (Å²) >= 11 is 0. The molecule has 2 amide bonds. The number of Topliss-reactive ketones (excluding diaryl/α,β-unsaturated/α-hetero) is 1. The predicted molar refractivity (Wildman–Crippen MR) is 109 cm³/mol. The third-order valence-corrected chi connectivity index (χ3v) is 5.43. The van der Waals surface area contributed by atoms with Crippen LogP contribution in [0.4, 0.5) is 11.4 Å². The van der Waals surface area contributed by atoms with Crippen molar-refractivity contribution >= 4 is 45.5 Å². The third-order valence-electron chi connectivity index (χ3n) is 5.43. The molecule has 3 aromatic rings. The van der Waals surface area contributed by atoms with Crippen molar-refractivity contribution in [2.75, 3.05) is 4.90 Å². The number of fused-ring (bicyclic) bond motifs is 2. The fourth-order valence-electron chi connectivity index (χ4n) is 3.93. The van der Waals surface area contributed by atoms with Crippen LogP contribution in [0.25, 0.3) is 10.8 Å². The normalized spacial score (nSPS) is 21.1. The minimum Gasteiger partial charge on any atom is -0.595 e. The summed E-state index contributed by atoms with van der Waals surface area (Å²) < 4.78 is 0. The van der Waals surface area contributed by atoms with Crippen LogP contribution in [-0.2, 0) is 14.4 Å². The Hall–Kier alpha value is -3.92. The number of carbonyl (C=O) groups is 3. The number of benzene rings is 3. The van der Waals surface area contributed by atoms with Crippen molar-refractivity contribution < 1.29 is 29.7 Å². The maximum Gasteiger partial charge on any atom is 0.279 e. The zero-order valence-corrected chi connectivity index (χ0v) is 15.9. The molecule has 1 unspecified atom stereocenters. The van der Waals surface area contributed by atoms with E-state index >= 15 is 0 Å². The van der Waals surface area contributed by atoms with E-state index < -0.39 is 34.8 Å². The highest BCUT2D eigenvalue weighted by molar-refractivity contribution is 6.52. The molecule has 3 atom stereocenters. The van der Waals surface area contributed by atoms with Crippen LogP contribution < -0.4 is 10.1 Å². The monoisotopic (exact) mass is 417 g/mol. The van der Waals surface area contributed by atoms with Gasteiger partial charge in [-0.2, -0.15) is 5.23 Å². The first-order valence-electron chi connectivity index (χ1n) is 9.44. The molecule has 0 spiro atoms. The third kappa shape index (κ3) is 2.91. The Morgan fingerprint density at radius 2 is 1.71 bits per heavy atom. The molecular formula is C22H15N3O6. The molecule has 1 fully saturated rings. The Morgan fingerprint density at radius 3 is 2.48 bits per heavy atom. The van der Waals surface area contributed by atoms with Crippen molar-refractivity contribution in [1.82, 2.24) is 0 Å². The molecule has 0 aliphatic carbocycles. The Kier molecular flexibility index (Phi) is 4.36. The van der Waals surface area contributed by atoms with Gasteiger partial charge in [-0.15, -0.1) is 0 Å². The van der Waals surface area contributed by atoms with Gasteiger partial charge in [0.2, 0.25) is 17.8 Å². The minimum atomic E-state index is -1.30. The smallest absolute Gasteiger partial charge is 0.279 e. The van der Waals surface area contributed by atoms with Crippen LogP contribution >= 0.6 is 0 Å². The maximum absolute atomic E-state index is 13.1. The number of imide groups is 1. The summed E-state index contributed by atoms with van der Waals surface area (Å²) in [5.41, 5.74) is -0.135. The number of nitrogens with zero attached hydrogens (tertiary/aromatic N) is 2. The summed E-state index contributed by atoms with van der Waals surface area (Å²) in [6, 6.07) is 18.3. The summed E-state index contributed by atoms with van der Waals surface area (Å²) in [7, 11) is 0. The molecule has 2 aliphatic rings. The molecule has 5 rings (SSSR count). The number of amides is 2. The Labute approximate surface area is 175 Å². The van der Waals surface area contributed by atoms with E-state index in [0.717, 1.165) is 15.7 Å². The number of quaternary nitrogens is 1. The number of ketones is 1. The van der Waals surface area contributed by atoms with Gasteiger partial charge in [0, 0.05) is 11.6 Å². The van der Waals surface area contributed by atoms with E-state index in [1.807, 2.05) is 24.3 Å². The molecule has 0 saturated carbocycles. The molecule has 2 heterocycles. The number of hydrogen-bond donors (Lipinski definition) is 2. The van der Waals surface area contributed by atoms with Gasteiger partial charge in [-0.25, -0.2) is 10.1 Å². The Bertz CT molecular complexity index is 1280. The first kappa shape index (κ1) is 19.1. The first-order chi connectivity index (χ1) is 15.0. The number of anilines is 1. The van der Waals surface area contributed by atoms with E-state index in [9.17, 15) is 24.8 Å². The Balaban J connectivity index is 1.50. The van der Waals surface area contributed by atoms with Gasteiger partial charge in [-0.3, -0.25) is 14.4 Å². The maximum atomic E-state index is 13.1. The van der Waals surface area contributed by atoms with Crippen molar-refractivity contribution in [2.24, 2.45) is 11.1 Å². The lowest BCUT2D eigenvalue weighted by Gasteiger charge is -2.21. The van der Waals surface area contributed by atoms with Gasteiger partial charge in [0.15, 0.2) is 5.69 Å². The van der Waals surface area contributed by atoms with Gasteiger partial charge in [0.05, 0.1) is 0 Å². The lowest BCUT2D eigenvalue weighted by molar-refractivity contribution is -0.990. The van der Waals surface area contributed by atoms with E-state index in [1.54, 1.807) is 18.2 Å². The molecule has 2 N–H and O–H groups in total. The van der Waals surface area contributed by atoms with Crippen LogP contribution in [0.1, 0.15) is 10.4 Å². The van der Waals surface area contributed by atoms with Gasteiger partial charge in [-0.1, -0.05) is 53.7 Å². The summed E-state index contributed by atoms with van der Waals surface area (Å²) in [6.07, 6.45) is -1.30. The summed E-state index contributed by atoms with van der Waals surface area (Å²) in [5.74, 6) is -3.25. The molecule has 1 saturated heterocycles. The van der Waals surface area contributed by atoms with Gasteiger partial charge < -0.3 is 10.0 Å². The van der Waals surface area contributed by atoms with Crippen molar-refractivity contribution in [3.8, 4) is 0 Å². The van der Waals surface area contributed by atoms with Crippen molar-refractivity contribution in [3.05, 3.63) is 77.5 Å². The molecule has 9 nitrogen and oxygen atoms in total. The van der Waals surface area contributed by atoms with Gasteiger partial charge in [-0.05, 0) is 22.9 Å². The molecule has 154 valence electrons. The second kappa shape index (κ2) is 7.10. The zero-order valence-electron chi connectivity index (χ0n) is 15.9. The quantitative estimate of drug-likeness (QED) is 0.375. The highest BCUT2D eigenvalue weighted by Crippen LogP contribution is 2.36. The molecule has 31 heavy (non-hydrogen) atoms. The fraction of sp³-hybridized carbons (Fsp3) is 0.0909.